The number of aromatic nitrogens is 1. The minimum Gasteiger partial charge on any atom is -0.383 e. The largest absolute Gasteiger partial charge is 0.383 e. The molecule has 0 fully saturated rings. The van der Waals surface area contributed by atoms with Crippen molar-refractivity contribution in [1.82, 2.24) is 4.37 Å². The van der Waals surface area contributed by atoms with Gasteiger partial charge in [-0.25, -0.2) is 0 Å². The summed E-state index contributed by atoms with van der Waals surface area (Å²) in [6.07, 6.45) is 0.992. The van der Waals surface area contributed by atoms with Gasteiger partial charge in [-0.2, -0.15) is 9.64 Å². The molecule has 0 spiro atoms. The van der Waals surface area contributed by atoms with E-state index in [2.05, 4.69) is 29.2 Å². The maximum Gasteiger partial charge on any atom is 0.157 e. The number of methoxy groups -OCH3 is 1. The number of nitrogens with two attached hydrogens (primary N) is 1. The molecule has 0 saturated carbocycles. The lowest BCUT2D eigenvalue weighted by atomic mass is 10.2. The third-order valence-electron chi connectivity index (χ3n) is 2.73. The van der Waals surface area contributed by atoms with Gasteiger partial charge in [-0.05, 0) is 24.9 Å². The van der Waals surface area contributed by atoms with E-state index in [4.69, 9.17) is 15.7 Å². The topological polar surface area (TPSA) is 75.2 Å². The van der Waals surface area contributed by atoms with Crippen molar-refractivity contribution >= 4 is 22.4 Å². The lowest BCUT2D eigenvalue weighted by Gasteiger charge is -2.28. The standard InChI is InChI=1S/C11H18N4OS/c1-4-8(2)15(5-6-16-3)11-9(7-12)10(13)14-17-11/h8H,4-6H2,1-3H3,(H2,13,14). The molecule has 0 aromatic carbocycles. The highest BCUT2D eigenvalue weighted by Crippen LogP contribution is 2.31. The van der Waals surface area contributed by atoms with Crippen molar-refractivity contribution in [3.63, 3.8) is 0 Å². The van der Waals surface area contributed by atoms with Crippen molar-refractivity contribution in [1.29, 1.82) is 5.26 Å². The first kappa shape index (κ1) is 13.7. The highest BCUT2D eigenvalue weighted by molar-refractivity contribution is 7.10. The van der Waals surface area contributed by atoms with E-state index in [9.17, 15) is 0 Å². The zero-order chi connectivity index (χ0) is 12.8. The first-order valence-corrected chi connectivity index (χ1v) is 6.33. The van der Waals surface area contributed by atoms with Gasteiger partial charge < -0.3 is 15.4 Å². The summed E-state index contributed by atoms with van der Waals surface area (Å²) in [6, 6.07) is 2.45. The molecule has 1 rings (SSSR count). The van der Waals surface area contributed by atoms with Crippen LogP contribution in [0.4, 0.5) is 10.8 Å². The minimum atomic E-state index is 0.318. The van der Waals surface area contributed by atoms with Crippen LogP contribution < -0.4 is 10.6 Å². The average molecular weight is 254 g/mol. The predicted molar refractivity (Wildman–Crippen MR) is 70.2 cm³/mol. The molecule has 0 aliphatic heterocycles. The number of hydrogen-bond acceptors (Lipinski definition) is 6. The predicted octanol–water partition coefficient (Wildman–Crippen LogP) is 1.85. The van der Waals surface area contributed by atoms with Crippen LogP contribution in [0.25, 0.3) is 0 Å². The monoisotopic (exact) mass is 254 g/mol. The Kier molecular flexibility index (Phi) is 5.19. The van der Waals surface area contributed by atoms with Crippen molar-refractivity contribution in [2.24, 2.45) is 0 Å². The summed E-state index contributed by atoms with van der Waals surface area (Å²) in [7, 11) is 1.67. The lowest BCUT2D eigenvalue weighted by Crippen LogP contribution is -2.35. The van der Waals surface area contributed by atoms with E-state index in [0.29, 0.717) is 24.0 Å². The summed E-state index contributed by atoms with van der Waals surface area (Å²) < 4.78 is 9.14. The van der Waals surface area contributed by atoms with E-state index in [1.807, 2.05) is 0 Å². The van der Waals surface area contributed by atoms with Gasteiger partial charge >= 0.3 is 0 Å². The third kappa shape index (κ3) is 3.08. The fourth-order valence-corrected chi connectivity index (χ4v) is 2.42. The lowest BCUT2D eigenvalue weighted by molar-refractivity contribution is 0.203. The van der Waals surface area contributed by atoms with Crippen molar-refractivity contribution in [2.45, 2.75) is 26.3 Å². The molecule has 1 aromatic heterocycles. The second-order valence-electron chi connectivity index (χ2n) is 3.80. The van der Waals surface area contributed by atoms with Crippen molar-refractivity contribution in [3.8, 4) is 6.07 Å². The fourth-order valence-electron chi connectivity index (χ4n) is 1.53. The Morgan fingerprint density at radius 2 is 2.35 bits per heavy atom. The number of nitriles is 1. The number of ether oxygens (including phenoxy) is 1. The Morgan fingerprint density at radius 3 is 2.88 bits per heavy atom. The van der Waals surface area contributed by atoms with Gasteiger partial charge in [-0.1, -0.05) is 6.92 Å². The SMILES string of the molecule is CCC(C)N(CCOC)c1snc(N)c1C#N. The number of nitrogen functional groups attached to an aromatic ring is 1. The average Bonchev–Trinajstić information content (AvgIpc) is 2.70. The van der Waals surface area contributed by atoms with Crippen LogP contribution >= 0.6 is 11.5 Å². The Hall–Kier alpha value is -1.32. The van der Waals surface area contributed by atoms with Crippen molar-refractivity contribution in [2.75, 3.05) is 30.9 Å². The zero-order valence-corrected chi connectivity index (χ0v) is 11.3. The quantitative estimate of drug-likeness (QED) is 0.838. The Labute approximate surface area is 106 Å². The van der Waals surface area contributed by atoms with Crippen LogP contribution in [0.2, 0.25) is 0 Å². The van der Waals surface area contributed by atoms with E-state index >= 15 is 0 Å². The van der Waals surface area contributed by atoms with E-state index in [1.54, 1.807) is 7.11 Å². The molecule has 5 nitrogen and oxygen atoms in total. The summed E-state index contributed by atoms with van der Waals surface area (Å²) in [5.74, 6) is 0.318. The first-order chi connectivity index (χ1) is 8.15. The maximum atomic E-state index is 9.10. The Bertz CT molecular complexity index is 399. The molecule has 0 bridgehead atoms. The number of rotatable bonds is 6. The molecule has 1 aromatic rings. The maximum absolute atomic E-state index is 9.10. The van der Waals surface area contributed by atoms with Gasteiger partial charge in [0.15, 0.2) is 5.82 Å². The summed E-state index contributed by atoms with van der Waals surface area (Å²) >= 11 is 1.28. The van der Waals surface area contributed by atoms with Gasteiger partial charge in [0.1, 0.15) is 16.6 Å². The molecule has 94 valence electrons. The summed E-state index contributed by atoms with van der Waals surface area (Å²) in [5.41, 5.74) is 6.16. The Balaban J connectivity index is 3.00. The number of nitrogens with zero attached hydrogens (tertiary/aromatic N) is 3. The molecule has 0 radical (unpaired) electrons. The molecule has 1 heterocycles. The Morgan fingerprint density at radius 1 is 1.65 bits per heavy atom. The molecule has 0 aliphatic rings. The van der Waals surface area contributed by atoms with E-state index in [-0.39, 0.29) is 0 Å². The van der Waals surface area contributed by atoms with Gasteiger partial charge in [0.25, 0.3) is 0 Å². The van der Waals surface area contributed by atoms with Gasteiger partial charge in [-0.15, -0.1) is 0 Å². The van der Waals surface area contributed by atoms with Crippen molar-refractivity contribution in [3.05, 3.63) is 5.56 Å². The van der Waals surface area contributed by atoms with Crippen LogP contribution in [-0.2, 0) is 4.74 Å². The highest BCUT2D eigenvalue weighted by atomic mass is 32.1. The van der Waals surface area contributed by atoms with Crippen LogP contribution in [0.5, 0.6) is 0 Å². The zero-order valence-electron chi connectivity index (χ0n) is 10.4. The molecule has 0 saturated heterocycles. The fraction of sp³-hybridized carbons (Fsp3) is 0.636. The molecule has 0 amide bonds. The summed E-state index contributed by atoms with van der Waals surface area (Å²) in [4.78, 5) is 2.13. The molecular weight excluding hydrogens is 236 g/mol. The van der Waals surface area contributed by atoms with Gasteiger partial charge in [0.2, 0.25) is 0 Å². The van der Waals surface area contributed by atoms with Crippen LogP contribution in [-0.4, -0.2) is 30.7 Å². The van der Waals surface area contributed by atoms with Gasteiger partial charge in [-0.3, -0.25) is 0 Å². The second-order valence-corrected chi connectivity index (χ2v) is 4.56. The van der Waals surface area contributed by atoms with Crippen LogP contribution in [0.3, 0.4) is 0 Å². The second kappa shape index (κ2) is 6.42. The molecule has 1 atom stereocenters. The molecule has 17 heavy (non-hydrogen) atoms. The minimum absolute atomic E-state index is 0.318. The van der Waals surface area contributed by atoms with Crippen molar-refractivity contribution < 1.29 is 4.74 Å². The summed E-state index contributed by atoms with van der Waals surface area (Å²) in [6.45, 7) is 5.59. The molecule has 1 unspecified atom stereocenters. The van der Waals surface area contributed by atoms with Crippen LogP contribution in [0.15, 0.2) is 0 Å². The van der Waals surface area contributed by atoms with Gasteiger partial charge in [0, 0.05) is 19.7 Å². The van der Waals surface area contributed by atoms with E-state index in [1.165, 1.54) is 11.5 Å². The molecule has 0 aliphatic carbocycles. The first-order valence-electron chi connectivity index (χ1n) is 5.56. The van der Waals surface area contributed by atoms with Crippen LogP contribution in [0, 0.1) is 11.3 Å². The molecular formula is C11H18N4OS. The van der Waals surface area contributed by atoms with E-state index < -0.39 is 0 Å². The molecule has 6 heteroatoms. The van der Waals surface area contributed by atoms with Crippen LogP contribution in [0.1, 0.15) is 25.8 Å². The third-order valence-corrected chi connectivity index (χ3v) is 3.63. The normalized spacial score (nSPS) is 12.1. The smallest absolute Gasteiger partial charge is 0.157 e. The van der Waals surface area contributed by atoms with E-state index in [0.717, 1.165) is 18.0 Å². The number of anilines is 2. The molecule has 2 N–H and O–H groups in total. The van der Waals surface area contributed by atoms with Gasteiger partial charge in [0.05, 0.1) is 6.61 Å². The number of hydrogen-bond donors (Lipinski definition) is 1. The summed E-state index contributed by atoms with van der Waals surface area (Å²) in [5, 5.41) is 9.94. The highest BCUT2D eigenvalue weighted by Gasteiger charge is 2.21.